The number of furan rings is 1. The number of hydrogen-bond acceptors (Lipinski definition) is 5. The molecular weight excluding hydrogens is 384 g/mol. The van der Waals surface area contributed by atoms with Gasteiger partial charge in [-0.2, -0.15) is 0 Å². The number of nitrogens with zero attached hydrogens (tertiary/aromatic N) is 1. The van der Waals surface area contributed by atoms with Gasteiger partial charge in [0.05, 0.1) is 12.9 Å². The van der Waals surface area contributed by atoms with Crippen molar-refractivity contribution in [3.63, 3.8) is 0 Å². The second-order valence-corrected chi connectivity index (χ2v) is 6.83. The van der Waals surface area contributed by atoms with E-state index in [9.17, 15) is 9.59 Å². The molecule has 0 radical (unpaired) electrons. The Balaban J connectivity index is 1.56. The van der Waals surface area contributed by atoms with Crippen LogP contribution in [-0.4, -0.2) is 37.4 Å². The molecule has 0 fully saturated rings. The summed E-state index contributed by atoms with van der Waals surface area (Å²) >= 11 is 0. The Labute approximate surface area is 175 Å². The highest BCUT2D eigenvalue weighted by Gasteiger charge is 2.10. The van der Waals surface area contributed by atoms with Crippen LogP contribution in [0.4, 0.5) is 5.69 Å². The molecule has 1 aromatic heterocycles. The first-order valence-electron chi connectivity index (χ1n) is 9.44. The average molecular weight is 408 g/mol. The third-order valence-electron chi connectivity index (χ3n) is 4.24. The molecule has 30 heavy (non-hydrogen) atoms. The maximum atomic E-state index is 12.6. The predicted molar refractivity (Wildman–Crippen MR) is 112 cm³/mol. The lowest BCUT2D eigenvalue weighted by atomic mass is 10.1. The lowest BCUT2D eigenvalue weighted by Crippen LogP contribution is -2.27. The molecule has 3 aromatic rings. The fourth-order valence-electron chi connectivity index (χ4n) is 2.61. The van der Waals surface area contributed by atoms with Crippen LogP contribution in [0.15, 0.2) is 71.3 Å². The lowest BCUT2D eigenvalue weighted by Gasteiger charge is -2.12. The van der Waals surface area contributed by atoms with Crippen LogP contribution < -0.4 is 10.1 Å². The summed E-state index contributed by atoms with van der Waals surface area (Å²) < 4.78 is 16.3. The van der Waals surface area contributed by atoms with Gasteiger partial charge in [-0.1, -0.05) is 18.2 Å². The molecule has 0 spiro atoms. The summed E-state index contributed by atoms with van der Waals surface area (Å²) in [7, 11) is 3.32. The van der Waals surface area contributed by atoms with Crippen LogP contribution in [0.1, 0.15) is 21.7 Å². The van der Waals surface area contributed by atoms with E-state index < -0.39 is 0 Å². The highest BCUT2D eigenvalue weighted by Crippen LogP contribution is 2.17. The largest absolute Gasteiger partial charge is 0.484 e. The number of anilines is 1. The summed E-state index contributed by atoms with van der Waals surface area (Å²) in [6, 6.07) is 17.8. The van der Waals surface area contributed by atoms with Crippen molar-refractivity contribution >= 4 is 17.5 Å². The standard InChI is InChI=1S/C23H24N2O5/c1-25(2)22(26)16-30-20-9-4-7-18(13-20)23(27)24-19-8-3-6-17(12-19)14-28-15-21-10-5-11-29-21/h3-13H,14-16H2,1-2H3,(H,24,27). The molecular formula is C23H24N2O5. The van der Waals surface area contributed by atoms with Gasteiger partial charge in [-0.15, -0.1) is 0 Å². The number of nitrogens with one attached hydrogen (secondary N) is 1. The molecule has 0 unspecified atom stereocenters. The third kappa shape index (κ3) is 6.22. The lowest BCUT2D eigenvalue weighted by molar-refractivity contribution is -0.130. The van der Waals surface area contributed by atoms with Gasteiger partial charge in [-0.3, -0.25) is 9.59 Å². The number of carbonyl (C=O) groups is 2. The van der Waals surface area contributed by atoms with Crippen LogP contribution in [0.5, 0.6) is 5.75 Å². The van der Waals surface area contributed by atoms with Gasteiger partial charge in [0, 0.05) is 25.3 Å². The average Bonchev–Trinajstić information content (AvgIpc) is 3.26. The van der Waals surface area contributed by atoms with Crippen LogP contribution in [0.2, 0.25) is 0 Å². The van der Waals surface area contributed by atoms with Crippen LogP contribution in [0.25, 0.3) is 0 Å². The van der Waals surface area contributed by atoms with Crippen LogP contribution in [0.3, 0.4) is 0 Å². The van der Waals surface area contributed by atoms with Crippen molar-refractivity contribution in [2.45, 2.75) is 13.2 Å². The SMILES string of the molecule is CN(C)C(=O)COc1cccc(C(=O)Nc2cccc(COCc3ccco3)c2)c1. The van der Waals surface area contributed by atoms with Crippen molar-refractivity contribution in [2.24, 2.45) is 0 Å². The van der Waals surface area contributed by atoms with Gasteiger partial charge < -0.3 is 24.1 Å². The van der Waals surface area contributed by atoms with E-state index in [1.807, 2.05) is 36.4 Å². The summed E-state index contributed by atoms with van der Waals surface area (Å²) in [4.78, 5) is 25.7. The van der Waals surface area contributed by atoms with E-state index in [4.69, 9.17) is 13.9 Å². The van der Waals surface area contributed by atoms with E-state index in [2.05, 4.69) is 5.32 Å². The number of rotatable bonds is 9. The summed E-state index contributed by atoms with van der Waals surface area (Å²) in [6.45, 7) is 0.693. The van der Waals surface area contributed by atoms with Gasteiger partial charge in [0.1, 0.15) is 18.1 Å². The first kappa shape index (κ1) is 21.1. The molecule has 1 N–H and O–H groups in total. The minimum Gasteiger partial charge on any atom is -0.484 e. The molecule has 0 atom stereocenters. The molecule has 156 valence electrons. The van der Waals surface area contributed by atoms with Crippen LogP contribution >= 0.6 is 0 Å². The van der Waals surface area contributed by atoms with E-state index in [1.165, 1.54) is 4.90 Å². The molecule has 3 rings (SSSR count). The van der Waals surface area contributed by atoms with E-state index in [1.54, 1.807) is 44.6 Å². The fraction of sp³-hybridized carbons (Fsp3) is 0.217. The van der Waals surface area contributed by atoms with Crippen molar-refractivity contribution in [3.8, 4) is 5.75 Å². The Hall–Kier alpha value is -3.58. The Morgan fingerprint density at radius 1 is 1.00 bits per heavy atom. The zero-order valence-corrected chi connectivity index (χ0v) is 17.0. The molecule has 7 nitrogen and oxygen atoms in total. The van der Waals surface area contributed by atoms with Crippen molar-refractivity contribution in [1.29, 1.82) is 0 Å². The molecule has 0 aliphatic rings. The summed E-state index contributed by atoms with van der Waals surface area (Å²) in [5, 5.41) is 2.87. The Morgan fingerprint density at radius 3 is 2.60 bits per heavy atom. The molecule has 0 saturated heterocycles. The zero-order chi connectivity index (χ0) is 21.3. The normalized spacial score (nSPS) is 10.5. The maximum absolute atomic E-state index is 12.6. The maximum Gasteiger partial charge on any atom is 0.259 e. The van der Waals surface area contributed by atoms with Gasteiger partial charge in [0.25, 0.3) is 11.8 Å². The Morgan fingerprint density at radius 2 is 1.83 bits per heavy atom. The van der Waals surface area contributed by atoms with Gasteiger partial charge in [-0.05, 0) is 48.0 Å². The molecule has 0 saturated carbocycles. The van der Waals surface area contributed by atoms with Crippen molar-refractivity contribution in [3.05, 3.63) is 83.8 Å². The van der Waals surface area contributed by atoms with E-state index in [0.717, 1.165) is 11.3 Å². The molecule has 2 aromatic carbocycles. The molecule has 0 aliphatic carbocycles. The highest BCUT2D eigenvalue weighted by molar-refractivity contribution is 6.04. The smallest absolute Gasteiger partial charge is 0.259 e. The van der Waals surface area contributed by atoms with E-state index in [0.29, 0.717) is 30.2 Å². The van der Waals surface area contributed by atoms with Crippen molar-refractivity contribution in [2.75, 3.05) is 26.0 Å². The van der Waals surface area contributed by atoms with E-state index >= 15 is 0 Å². The monoisotopic (exact) mass is 408 g/mol. The zero-order valence-electron chi connectivity index (χ0n) is 17.0. The Bertz CT molecular complexity index is 983. The summed E-state index contributed by atoms with van der Waals surface area (Å²) in [5.74, 6) is 0.788. The molecule has 1 heterocycles. The fourth-order valence-corrected chi connectivity index (χ4v) is 2.61. The minimum atomic E-state index is -0.270. The number of likely N-dealkylation sites (N-methyl/N-ethyl adjacent to an activating group) is 1. The number of carbonyl (C=O) groups excluding carboxylic acids is 2. The van der Waals surface area contributed by atoms with Gasteiger partial charge in [0.2, 0.25) is 0 Å². The van der Waals surface area contributed by atoms with Gasteiger partial charge in [-0.25, -0.2) is 0 Å². The molecule has 0 aliphatic heterocycles. The second kappa shape index (κ2) is 10.3. The summed E-state index contributed by atoms with van der Waals surface area (Å²) in [5.41, 5.74) is 2.02. The van der Waals surface area contributed by atoms with Gasteiger partial charge in [0.15, 0.2) is 6.61 Å². The first-order chi connectivity index (χ1) is 14.5. The van der Waals surface area contributed by atoms with Crippen LogP contribution in [0, 0.1) is 0 Å². The molecule has 7 heteroatoms. The molecule has 2 amide bonds. The second-order valence-electron chi connectivity index (χ2n) is 6.83. The quantitative estimate of drug-likeness (QED) is 0.584. The number of ether oxygens (including phenoxy) is 2. The van der Waals surface area contributed by atoms with Gasteiger partial charge >= 0.3 is 0 Å². The number of amides is 2. The highest BCUT2D eigenvalue weighted by atomic mass is 16.5. The third-order valence-corrected chi connectivity index (χ3v) is 4.24. The number of hydrogen-bond donors (Lipinski definition) is 1. The van der Waals surface area contributed by atoms with E-state index in [-0.39, 0.29) is 18.4 Å². The minimum absolute atomic E-state index is 0.0852. The topological polar surface area (TPSA) is 81.0 Å². The predicted octanol–water partition coefficient (Wildman–Crippen LogP) is 3.72. The van der Waals surface area contributed by atoms with Crippen LogP contribution in [-0.2, 0) is 22.7 Å². The number of benzene rings is 2. The summed E-state index contributed by atoms with van der Waals surface area (Å²) in [6.07, 6.45) is 1.61. The van der Waals surface area contributed by atoms with Crippen molar-refractivity contribution < 1.29 is 23.5 Å². The van der Waals surface area contributed by atoms with Crippen molar-refractivity contribution in [1.82, 2.24) is 4.90 Å². The Kier molecular flexibility index (Phi) is 7.24. The first-order valence-corrected chi connectivity index (χ1v) is 9.44. The molecule has 0 bridgehead atoms.